The highest BCUT2D eigenvalue weighted by Gasteiger charge is 2.08. The number of carbonyl (C=O) groups excluding carboxylic acids is 3. The second kappa shape index (κ2) is 9.89. The normalized spacial score (nSPS) is 10.3. The van der Waals surface area contributed by atoms with Crippen molar-refractivity contribution in [3.05, 3.63) is 89.5 Å². The van der Waals surface area contributed by atoms with Gasteiger partial charge in [-0.25, -0.2) is 0 Å². The Hall–Kier alpha value is -3.38. The zero-order chi connectivity index (χ0) is 21.5. The molecule has 3 aromatic rings. The van der Waals surface area contributed by atoms with Crippen LogP contribution in [0, 0.1) is 6.92 Å². The van der Waals surface area contributed by atoms with Crippen LogP contribution in [0.25, 0.3) is 0 Å². The third-order valence-electron chi connectivity index (χ3n) is 4.35. The number of carbonyl (C=O) groups is 3. The Balaban J connectivity index is 1.54. The summed E-state index contributed by atoms with van der Waals surface area (Å²) in [5.74, 6) is -0.115. The first kappa shape index (κ1) is 21.3. The van der Waals surface area contributed by atoms with Gasteiger partial charge in [0, 0.05) is 27.4 Å². The van der Waals surface area contributed by atoms with E-state index in [1.54, 1.807) is 36.4 Å². The largest absolute Gasteiger partial charge is 0.325 e. The van der Waals surface area contributed by atoms with E-state index in [4.69, 9.17) is 0 Å². The van der Waals surface area contributed by atoms with E-state index < -0.39 is 0 Å². The second-order valence-electron chi connectivity index (χ2n) is 6.82. The van der Waals surface area contributed by atoms with Gasteiger partial charge in [-0.05, 0) is 68.4 Å². The predicted molar refractivity (Wildman–Crippen MR) is 121 cm³/mol. The Bertz CT molecular complexity index is 1060. The Morgan fingerprint density at radius 1 is 0.800 bits per heavy atom. The van der Waals surface area contributed by atoms with Gasteiger partial charge in [0.15, 0.2) is 5.78 Å². The van der Waals surface area contributed by atoms with Crippen molar-refractivity contribution in [2.75, 3.05) is 16.4 Å². The number of benzene rings is 3. The van der Waals surface area contributed by atoms with E-state index in [0.717, 1.165) is 10.5 Å². The minimum atomic E-state index is -0.177. The topological polar surface area (TPSA) is 75.3 Å². The van der Waals surface area contributed by atoms with Gasteiger partial charge >= 0.3 is 0 Å². The van der Waals surface area contributed by atoms with Gasteiger partial charge in [0.2, 0.25) is 5.91 Å². The molecule has 5 nitrogen and oxygen atoms in total. The molecular weight excluding hydrogens is 396 g/mol. The number of rotatable bonds is 7. The molecule has 0 radical (unpaired) electrons. The van der Waals surface area contributed by atoms with Gasteiger partial charge in [-0.1, -0.05) is 23.8 Å². The van der Waals surface area contributed by atoms with Gasteiger partial charge in [-0.2, -0.15) is 0 Å². The quantitative estimate of drug-likeness (QED) is 0.409. The zero-order valence-corrected chi connectivity index (χ0v) is 17.6. The van der Waals surface area contributed by atoms with Crippen molar-refractivity contribution in [1.29, 1.82) is 0 Å². The highest BCUT2D eigenvalue weighted by Crippen LogP contribution is 2.22. The highest BCUT2D eigenvalue weighted by atomic mass is 32.2. The van der Waals surface area contributed by atoms with Crippen molar-refractivity contribution < 1.29 is 14.4 Å². The van der Waals surface area contributed by atoms with E-state index in [1.807, 2.05) is 43.3 Å². The Morgan fingerprint density at radius 3 is 2.13 bits per heavy atom. The summed E-state index contributed by atoms with van der Waals surface area (Å²) in [4.78, 5) is 36.8. The summed E-state index contributed by atoms with van der Waals surface area (Å²) in [6.45, 7) is 3.47. The number of Topliss-reactive ketones (excluding diaryl/α,β-unsaturated/α-hetero) is 1. The summed E-state index contributed by atoms with van der Waals surface area (Å²) in [6, 6.07) is 21.5. The molecule has 0 atom stereocenters. The van der Waals surface area contributed by atoms with Gasteiger partial charge in [0.05, 0.1) is 5.75 Å². The van der Waals surface area contributed by atoms with Gasteiger partial charge < -0.3 is 10.6 Å². The maximum Gasteiger partial charge on any atom is 0.255 e. The van der Waals surface area contributed by atoms with Crippen molar-refractivity contribution in [3.8, 4) is 0 Å². The standard InChI is InChI=1S/C24H22N2O3S/c1-16-6-8-19(9-7-16)24(29)26-21-4-3-5-22(14-21)30-15-23(28)25-20-12-10-18(11-13-20)17(2)27/h3-14H,15H2,1-2H3,(H,25,28)(H,26,29). The molecule has 0 fully saturated rings. The molecule has 0 saturated carbocycles. The fraction of sp³-hybridized carbons (Fsp3) is 0.125. The Kier molecular flexibility index (Phi) is 7.03. The van der Waals surface area contributed by atoms with Crippen LogP contribution in [0.4, 0.5) is 11.4 Å². The molecule has 0 aliphatic heterocycles. The first-order chi connectivity index (χ1) is 14.4. The molecule has 3 rings (SSSR count). The maximum atomic E-state index is 12.4. The van der Waals surface area contributed by atoms with E-state index in [0.29, 0.717) is 22.5 Å². The van der Waals surface area contributed by atoms with Crippen LogP contribution in [-0.4, -0.2) is 23.4 Å². The third kappa shape index (κ3) is 6.06. The summed E-state index contributed by atoms with van der Waals surface area (Å²) in [5, 5.41) is 5.69. The minimum Gasteiger partial charge on any atom is -0.325 e. The van der Waals surface area contributed by atoms with Crippen molar-refractivity contribution >= 4 is 40.7 Å². The lowest BCUT2D eigenvalue weighted by molar-refractivity contribution is -0.113. The number of aryl methyl sites for hydroxylation is 1. The number of amides is 2. The molecule has 0 aliphatic rings. The van der Waals surface area contributed by atoms with Crippen LogP contribution in [0.2, 0.25) is 0 Å². The fourth-order valence-corrected chi connectivity index (χ4v) is 3.46. The van der Waals surface area contributed by atoms with Crippen LogP contribution >= 0.6 is 11.8 Å². The molecule has 0 bridgehead atoms. The van der Waals surface area contributed by atoms with Crippen LogP contribution in [0.3, 0.4) is 0 Å². The first-order valence-corrected chi connectivity index (χ1v) is 10.4. The lowest BCUT2D eigenvalue weighted by Gasteiger charge is -2.08. The van der Waals surface area contributed by atoms with Gasteiger partial charge in [-0.15, -0.1) is 11.8 Å². The SMILES string of the molecule is CC(=O)c1ccc(NC(=O)CSc2cccc(NC(=O)c3ccc(C)cc3)c2)cc1. The lowest BCUT2D eigenvalue weighted by Crippen LogP contribution is -2.14. The molecule has 6 heteroatoms. The smallest absolute Gasteiger partial charge is 0.255 e. The molecule has 3 aromatic carbocycles. The Morgan fingerprint density at radius 2 is 1.47 bits per heavy atom. The number of nitrogens with one attached hydrogen (secondary N) is 2. The average Bonchev–Trinajstić information content (AvgIpc) is 2.73. The fourth-order valence-electron chi connectivity index (χ4n) is 2.71. The van der Waals surface area contributed by atoms with E-state index in [2.05, 4.69) is 10.6 Å². The molecule has 2 N–H and O–H groups in total. The first-order valence-electron chi connectivity index (χ1n) is 9.42. The molecule has 0 saturated heterocycles. The molecular formula is C24H22N2O3S. The summed E-state index contributed by atoms with van der Waals surface area (Å²) < 4.78 is 0. The lowest BCUT2D eigenvalue weighted by atomic mass is 10.1. The van der Waals surface area contributed by atoms with Crippen molar-refractivity contribution in [2.24, 2.45) is 0 Å². The van der Waals surface area contributed by atoms with Gasteiger partial charge in [0.25, 0.3) is 5.91 Å². The van der Waals surface area contributed by atoms with E-state index in [-0.39, 0.29) is 23.4 Å². The number of hydrogen-bond donors (Lipinski definition) is 2. The maximum absolute atomic E-state index is 12.4. The molecule has 2 amide bonds. The summed E-state index contributed by atoms with van der Waals surface area (Å²) in [7, 11) is 0. The van der Waals surface area contributed by atoms with Crippen LogP contribution < -0.4 is 10.6 Å². The van der Waals surface area contributed by atoms with Crippen LogP contribution in [0.1, 0.15) is 33.2 Å². The number of thioether (sulfide) groups is 1. The van der Waals surface area contributed by atoms with Crippen molar-refractivity contribution in [1.82, 2.24) is 0 Å². The molecule has 0 aliphatic carbocycles. The zero-order valence-electron chi connectivity index (χ0n) is 16.8. The van der Waals surface area contributed by atoms with E-state index in [9.17, 15) is 14.4 Å². The highest BCUT2D eigenvalue weighted by molar-refractivity contribution is 8.00. The molecule has 0 spiro atoms. The van der Waals surface area contributed by atoms with Crippen molar-refractivity contribution in [3.63, 3.8) is 0 Å². The molecule has 0 heterocycles. The number of ketones is 1. The average molecular weight is 419 g/mol. The van der Waals surface area contributed by atoms with Crippen LogP contribution in [-0.2, 0) is 4.79 Å². The minimum absolute atomic E-state index is 0.0159. The monoisotopic (exact) mass is 418 g/mol. The van der Waals surface area contributed by atoms with Gasteiger partial charge in [0.1, 0.15) is 0 Å². The van der Waals surface area contributed by atoms with Gasteiger partial charge in [-0.3, -0.25) is 14.4 Å². The number of hydrogen-bond acceptors (Lipinski definition) is 4. The van der Waals surface area contributed by atoms with Crippen LogP contribution in [0.15, 0.2) is 77.7 Å². The molecule has 0 aromatic heterocycles. The third-order valence-corrected chi connectivity index (χ3v) is 5.34. The molecule has 0 unspecified atom stereocenters. The second-order valence-corrected chi connectivity index (χ2v) is 7.87. The molecule has 30 heavy (non-hydrogen) atoms. The van der Waals surface area contributed by atoms with E-state index in [1.165, 1.54) is 18.7 Å². The predicted octanol–water partition coefficient (Wildman–Crippen LogP) is 5.18. The van der Waals surface area contributed by atoms with Crippen LogP contribution in [0.5, 0.6) is 0 Å². The summed E-state index contributed by atoms with van der Waals surface area (Å²) in [5.41, 5.74) is 3.61. The van der Waals surface area contributed by atoms with Crippen molar-refractivity contribution in [2.45, 2.75) is 18.7 Å². The summed E-state index contributed by atoms with van der Waals surface area (Å²) in [6.07, 6.45) is 0. The summed E-state index contributed by atoms with van der Waals surface area (Å²) >= 11 is 1.38. The Labute approximate surface area is 179 Å². The van der Waals surface area contributed by atoms with E-state index >= 15 is 0 Å². The molecule has 152 valence electrons. The number of anilines is 2.